The molecule has 0 unspecified atom stereocenters. The lowest BCUT2D eigenvalue weighted by Crippen LogP contribution is -2.67. The lowest BCUT2D eigenvalue weighted by Gasteiger charge is -2.54. The molecule has 6 rings (SSSR count). The smallest absolute Gasteiger partial charge is 0.276 e. The Morgan fingerprint density at radius 1 is 1.14 bits per heavy atom. The third-order valence-corrected chi connectivity index (χ3v) is 9.52. The number of halogens is 3. The van der Waals surface area contributed by atoms with Gasteiger partial charge in [0.15, 0.2) is 22.6 Å². The van der Waals surface area contributed by atoms with E-state index in [-0.39, 0.29) is 69.5 Å². The average molecular weight is 696 g/mol. The van der Waals surface area contributed by atoms with Gasteiger partial charge in [0.2, 0.25) is 11.3 Å². The van der Waals surface area contributed by atoms with Crippen molar-refractivity contribution in [2.45, 2.75) is 64.6 Å². The lowest BCUT2D eigenvalue weighted by atomic mass is 9.81. The van der Waals surface area contributed by atoms with Gasteiger partial charge in [-0.1, -0.05) is 24.6 Å². The molecular weight excluding hydrogens is 660 g/mol. The third-order valence-electron chi connectivity index (χ3n) is 9.21. The molecule has 1 aliphatic carbocycles. The van der Waals surface area contributed by atoms with Crippen molar-refractivity contribution in [3.05, 3.63) is 68.6 Å². The molecule has 2 N–H and O–H groups in total. The molecule has 2 fully saturated rings. The first-order chi connectivity index (χ1) is 23.2. The molecule has 4 heterocycles. The number of fused-ring (bicyclic) bond motifs is 2. The number of aromatic nitrogens is 5. The molecular formula is C33H36ClF2N9O4. The SMILES string of the molecule is CCc1c(N2CCN(C(=O)c3ncnc(C)c3O)[C@@H]3CC[C@H]32)c(=O)c2nc(N(C)C)cnc2n1CC(=O)Nc1ccc(C(C)(F)F)cc1Cl. The fraction of sp³-hybridized carbons (Fsp3) is 0.424. The first-order valence-electron chi connectivity index (χ1n) is 15.9. The molecule has 1 saturated carbocycles. The Kier molecular flexibility index (Phi) is 8.90. The molecule has 1 aromatic carbocycles. The Bertz CT molecular complexity index is 2030. The molecule has 0 spiro atoms. The molecule has 258 valence electrons. The van der Waals surface area contributed by atoms with Crippen LogP contribution in [0.5, 0.6) is 5.75 Å². The summed E-state index contributed by atoms with van der Waals surface area (Å²) >= 11 is 6.28. The normalized spacial score (nSPS) is 17.5. The zero-order chi connectivity index (χ0) is 35.4. The number of rotatable bonds is 8. The van der Waals surface area contributed by atoms with Gasteiger partial charge in [-0.3, -0.25) is 14.4 Å². The van der Waals surface area contributed by atoms with Crippen LogP contribution in [-0.2, 0) is 23.7 Å². The first kappa shape index (κ1) is 34.0. The van der Waals surface area contributed by atoms with E-state index in [2.05, 4.69) is 25.3 Å². The largest absolute Gasteiger partial charge is 0.504 e. The minimum atomic E-state index is -3.10. The topological polar surface area (TPSA) is 150 Å². The summed E-state index contributed by atoms with van der Waals surface area (Å²) in [6, 6.07) is 3.19. The van der Waals surface area contributed by atoms with E-state index in [1.165, 1.54) is 24.7 Å². The van der Waals surface area contributed by atoms with E-state index in [0.29, 0.717) is 48.7 Å². The number of hydrogen-bond donors (Lipinski definition) is 2. The quantitative estimate of drug-likeness (QED) is 0.276. The van der Waals surface area contributed by atoms with Crippen LogP contribution in [0.3, 0.4) is 0 Å². The van der Waals surface area contributed by atoms with Crippen molar-refractivity contribution >= 4 is 51.8 Å². The Labute approximate surface area is 285 Å². The number of aromatic hydroxyl groups is 1. The second kappa shape index (κ2) is 12.8. The Morgan fingerprint density at radius 2 is 1.88 bits per heavy atom. The Balaban J connectivity index is 1.38. The van der Waals surface area contributed by atoms with Crippen LogP contribution < -0.4 is 20.5 Å². The van der Waals surface area contributed by atoms with Crippen molar-refractivity contribution in [1.29, 1.82) is 0 Å². The molecule has 2 amide bonds. The van der Waals surface area contributed by atoms with Gasteiger partial charge in [0.25, 0.3) is 11.8 Å². The van der Waals surface area contributed by atoms with Crippen LogP contribution >= 0.6 is 11.6 Å². The van der Waals surface area contributed by atoms with Crippen molar-refractivity contribution in [3.63, 3.8) is 0 Å². The summed E-state index contributed by atoms with van der Waals surface area (Å²) in [5.41, 5.74) is 0.998. The van der Waals surface area contributed by atoms with Gasteiger partial charge in [-0.25, -0.2) is 28.7 Å². The second-order valence-electron chi connectivity index (χ2n) is 12.6. The number of nitrogens with one attached hydrogen (secondary N) is 1. The second-order valence-corrected chi connectivity index (χ2v) is 13.0. The number of hydrogen-bond acceptors (Lipinski definition) is 10. The summed E-state index contributed by atoms with van der Waals surface area (Å²) in [5, 5.41) is 13.2. The number of anilines is 3. The maximum absolute atomic E-state index is 14.4. The molecule has 16 heteroatoms. The van der Waals surface area contributed by atoms with Crippen molar-refractivity contribution in [2.24, 2.45) is 0 Å². The highest BCUT2D eigenvalue weighted by atomic mass is 35.5. The number of carbonyl (C=O) groups excluding carboxylic acids is 2. The minimum Gasteiger partial charge on any atom is -0.504 e. The van der Waals surface area contributed by atoms with Gasteiger partial charge < -0.3 is 29.7 Å². The Morgan fingerprint density at radius 3 is 2.51 bits per heavy atom. The van der Waals surface area contributed by atoms with E-state index in [1.807, 2.05) is 11.8 Å². The highest BCUT2D eigenvalue weighted by Gasteiger charge is 2.47. The predicted octanol–water partition coefficient (Wildman–Crippen LogP) is 4.12. The average Bonchev–Trinajstić information content (AvgIpc) is 3.03. The standard InChI is InChI=1S/C33H36ClF2N9O4/c1-6-21-28(43-11-12-44(23-10-9-22(23)43)32(49)27-29(47)17(2)38-16-39-27)30(48)26-31(37-14-24(41-26)42(4)5)45(21)15-25(46)40-20-8-7-18(13-19(20)34)33(3,35)36/h7-8,13-14,16,22-23,47H,6,9-12,15H2,1-5H3,(H,40,46)/t22-,23-/m1/s1. The number of piperazine rings is 1. The fourth-order valence-electron chi connectivity index (χ4n) is 6.51. The lowest BCUT2D eigenvalue weighted by molar-refractivity contribution is -0.116. The van der Waals surface area contributed by atoms with Gasteiger partial charge >= 0.3 is 0 Å². The van der Waals surface area contributed by atoms with Gasteiger partial charge in [-0.15, -0.1) is 0 Å². The summed E-state index contributed by atoms with van der Waals surface area (Å²) in [6.07, 6.45) is 4.52. The zero-order valence-corrected chi connectivity index (χ0v) is 28.4. The maximum atomic E-state index is 14.4. The molecule has 4 aromatic rings. The summed E-state index contributed by atoms with van der Waals surface area (Å²) in [5.74, 6) is -3.83. The molecule has 2 atom stereocenters. The van der Waals surface area contributed by atoms with Gasteiger partial charge in [0, 0.05) is 51.4 Å². The molecule has 13 nitrogen and oxygen atoms in total. The van der Waals surface area contributed by atoms with E-state index in [4.69, 9.17) is 11.6 Å². The molecule has 3 aromatic heterocycles. The molecule has 49 heavy (non-hydrogen) atoms. The summed E-state index contributed by atoms with van der Waals surface area (Å²) in [4.78, 5) is 64.1. The van der Waals surface area contributed by atoms with E-state index < -0.39 is 17.7 Å². The van der Waals surface area contributed by atoms with Gasteiger partial charge in [0.05, 0.1) is 28.6 Å². The van der Waals surface area contributed by atoms with Gasteiger partial charge in [-0.2, -0.15) is 0 Å². The van der Waals surface area contributed by atoms with Crippen molar-refractivity contribution in [1.82, 2.24) is 29.4 Å². The van der Waals surface area contributed by atoms with Crippen LogP contribution in [0.15, 0.2) is 35.5 Å². The molecule has 1 saturated heterocycles. The summed E-state index contributed by atoms with van der Waals surface area (Å²) < 4.78 is 29.3. The molecule has 0 bridgehead atoms. The minimum absolute atomic E-state index is 0.0437. The van der Waals surface area contributed by atoms with E-state index in [0.717, 1.165) is 13.0 Å². The number of amides is 2. The number of benzene rings is 1. The Hall–Kier alpha value is -4.92. The van der Waals surface area contributed by atoms with E-state index in [1.54, 1.807) is 35.4 Å². The van der Waals surface area contributed by atoms with Gasteiger partial charge in [-0.05, 0) is 38.3 Å². The van der Waals surface area contributed by atoms with E-state index >= 15 is 0 Å². The fourth-order valence-corrected chi connectivity index (χ4v) is 6.74. The van der Waals surface area contributed by atoms with E-state index in [9.17, 15) is 28.3 Å². The highest BCUT2D eigenvalue weighted by molar-refractivity contribution is 6.33. The van der Waals surface area contributed by atoms with Crippen LogP contribution in [0.4, 0.5) is 26.0 Å². The number of alkyl halides is 2. The number of aryl methyl sites for hydroxylation is 1. The van der Waals surface area contributed by atoms with Crippen LogP contribution in [-0.4, -0.2) is 85.6 Å². The maximum Gasteiger partial charge on any atom is 0.276 e. The summed E-state index contributed by atoms with van der Waals surface area (Å²) in [7, 11) is 3.55. The van der Waals surface area contributed by atoms with Crippen LogP contribution in [0, 0.1) is 6.92 Å². The first-order valence-corrected chi connectivity index (χ1v) is 16.2. The molecule has 2 aliphatic rings. The van der Waals surface area contributed by atoms with Crippen molar-refractivity contribution in [2.75, 3.05) is 42.3 Å². The van der Waals surface area contributed by atoms with Crippen molar-refractivity contribution in [3.8, 4) is 5.75 Å². The molecule has 1 aliphatic heterocycles. The highest BCUT2D eigenvalue weighted by Crippen LogP contribution is 2.39. The van der Waals surface area contributed by atoms with Crippen molar-refractivity contribution < 1.29 is 23.5 Å². The number of pyridine rings is 1. The zero-order valence-electron chi connectivity index (χ0n) is 27.7. The number of carbonyl (C=O) groups is 2. The molecule has 0 radical (unpaired) electrons. The predicted molar refractivity (Wildman–Crippen MR) is 181 cm³/mol. The van der Waals surface area contributed by atoms with Crippen LogP contribution in [0.25, 0.3) is 11.2 Å². The summed E-state index contributed by atoms with van der Waals surface area (Å²) in [6.45, 7) is 4.53. The van der Waals surface area contributed by atoms with Crippen LogP contribution in [0.1, 0.15) is 54.1 Å². The monoisotopic (exact) mass is 695 g/mol. The van der Waals surface area contributed by atoms with Crippen LogP contribution in [0.2, 0.25) is 5.02 Å². The third kappa shape index (κ3) is 6.11. The van der Waals surface area contributed by atoms with Gasteiger partial charge in [0.1, 0.15) is 24.4 Å². The number of nitrogens with zero attached hydrogens (tertiary/aromatic N) is 8.